The number of ether oxygens (including phenoxy) is 1. The van der Waals surface area contributed by atoms with E-state index >= 15 is 0 Å². The number of nitrogens with one attached hydrogen (secondary N) is 4. The van der Waals surface area contributed by atoms with Crippen LogP contribution in [0, 0.1) is 5.82 Å². The Morgan fingerprint density at radius 3 is 2.76 bits per heavy atom. The molecule has 1 amide bonds. The molecule has 0 radical (unpaired) electrons. The number of halogens is 1. The van der Waals surface area contributed by atoms with Crippen molar-refractivity contribution in [2.24, 2.45) is 0 Å². The minimum absolute atomic E-state index is 0.0495. The van der Waals surface area contributed by atoms with Gasteiger partial charge in [0.25, 0.3) is 5.91 Å². The molecule has 1 fully saturated rings. The lowest BCUT2D eigenvalue weighted by Crippen LogP contribution is -2.46. The van der Waals surface area contributed by atoms with Crippen LogP contribution >= 0.6 is 0 Å². The van der Waals surface area contributed by atoms with Gasteiger partial charge in [0.1, 0.15) is 5.82 Å². The smallest absolute Gasteiger partial charge is 0.269 e. The summed E-state index contributed by atoms with van der Waals surface area (Å²) in [6, 6.07) is 11.2. The molecule has 34 heavy (non-hydrogen) atoms. The normalized spacial score (nSPS) is 16.8. The zero-order valence-electron chi connectivity index (χ0n) is 18.9. The van der Waals surface area contributed by atoms with E-state index in [9.17, 15) is 9.18 Å². The highest BCUT2D eigenvalue weighted by Crippen LogP contribution is 2.33. The Labute approximate surface area is 196 Å². The second kappa shape index (κ2) is 8.75. The average Bonchev–Trinajstić information content (AvgIpc) is 2.83. The van der Waals surface area contributed by atoms with Crippen molar-refractivity contribution in [3.63, 3.8) is 0 Å². The summed E-state index contributed by atoms with van der Waals surface area (Å²) in [5, 5.41) is 12.0. The van der Waals surface area contributed by atoms with E-state index in [1.165, 1.54) is 0 Å². The molecule has 0 spiro atoms. The van der Waals surface area contributed by atoms with Gasteiger partial charge in [-0.25, -0.2) is 14.4 Å². The monoisotopic (exact) mass is 464 g/mol. The summed E-state index contributed by atoms with van der Waals surface area (Å²) in [5.41, 5.74) is 0.895. The largest absolute Gasteiger partial charge is 0.474 e. The van der Waals surface area contributed by atoms with Gasteiger partial charge in [0.2, 0.25) is 5.95 Å². The second-order valence-electron chi connectivity index (χ2n) is 8.54. The molecule has 5 rings (SSSR count). The van der Waals surface area contributed by atoms with Crippen molar-refractivity contribution in [2.45, 2.75) is 19.4 Å². The molecule has 3 aromatic rings. The molecular weight excluding hydrogens is 439 g/mol. The Balaban J connectivity index is 1.33. The van der Waals surface area contributed by atoms with Crippen molar-refractivity contribution in [1.29, 1.82) is 0 Å². The fourth-order valence-corrected chi connectivity index (χ4v) is 3.74. The van der Waals surface area contributed by atoms with Crippen LogP contribution in [0.5, 0.6) is 5.75 Å². The van der Waals surface area contributed by atoms with E-state index in [0.29, 0.717) is 11.6 Å². The number of piperazine rings is 1. The first-order valence-electron chi connectivity index (χ1n) is 11.0. The number of rotatable bonds is 5. The maximum atomic E-state index is 14.5. The first kappa shape index (κ1) is 21.8. The highest BCUT2D eigenvalue weighted by Gasteiger charge is 2.36. The first-order valence-corrected chi connectivity index (χ1v) is 11.0. The lowest BCUT2D eigenvalue weighted by molar-refractivity contribution is -0.129. The van der Waals surface area contributed by atoms with Crippen LogP contribution in [0.15, 0.2) is 42.6 Å². The number of benzene rings is 1. The van der Waals surface area contributed by atoms with Gasteiger partial charge in [-0.3, -0.25) is 4.79 Å². The molecule has 0 bridgehead atoms. The Kier molecular flexibility index (Phi) is 5.62. The van der Waals surface area contributed by atoms with Crippen LogP contribution in [-0.2, 0) is 4.79 Å². The van der Waals surface area contributed by atoms with Crippen molar-refractivity contribution < 1.29 is 13.9 Å². The lowest BCUT2D eigenvalue weighted by Gasteiger charge is -2.30. The minimum Gasteiger partial charge on any atom is -0.474 e. The number of nitrogens with zero attached hydrogens (tertiary/aromatic N) is 4. The molecule has 0 saturated carbocycles. The molecule has 11 heteroatoms. The number of pyridine rings is 1. The summed E-state index contributed by atoms with van der Waals surface area (Å²) in [4.78, 5) is 27.1. The Bertz CT molecular complexity index is 1230. The molecule has 2 aliphatic heterocycles. The predicted molar refractivity (Wildman–Crippen MR) is 128 cm³/mol. The van der Waals surface area contributed by atoms with E-state index in [1.54, 1.807) is 26.0 Å². The second-order valence-corrected chi connectivity index (χ2v) is 8.54. The average molecular weight is 465 g/mol. The van der Waals surface area contributed by atoms with Gasteiger partial charge in [0.05, 0.1) is 6.20 Å². The van der Waals surface area contributed by atoms with E-state index in [2.05, 4.69) is 47.2 Å². The quantitative estimate of drug-likeness (QED) is 0.452. The highest BCUT2D eigenvalue weighted by molar-refractivity contribution is 5.99. The van der Waals surface area contributed by atoms with Crippen LogP contribution in [-0.4, -0.2) is 52.6 Å². The highest BCUT2D eigenvalue weighted by atomic mass is 19.1. The summed E-state index contributed by atoms with van der Waals surface area (Å²) in [5.74, 6) is 0.223. The fraction of sp³-hybridized carbons (Fsp3) is 0.304. The van der Waals surface area contributed by atoms with Gasteiger partial charge in [0.15, 0.2) is 28.8 Å². The van der Waals surface area contributed by atoms with Crippen LogP contribution in [0.4, 0.5) is 39.2 Å². The summed E-state index contributed by atoms with van der Waals surface area (Å²) >= 11 is 0. The van der Waals surface area contributed by atoms with Gasteiger partial charge in [-0.2, -0.15) is 4.98 Å². The molecule has 1 aromatic carbocycles. The summed E-state index contributed by atoms with van der Waals surface area (Å²) in [7, 11) is 0. The summed E-state index contributed by atoms with van der Waals surface area (Å²) < 4.78 is 20.1. The molecule has 2 aromatic heterocycles. The van der Waals surface area contributed by atoms with E-state index < -0.39 is 11.4 Å². The predicted octanol–water partition coefficient (Wildman–Crippen LogP) is 3.02. The van der Waals surface area contributed by atoms with Crippen LogP contribution in [0.2, 0.25) is 0 Å². The van der Waals surface area contributed by atoms with E-state index in [0.717, 1.165) is 43.8 Å². The Hall–Kier alpha value is -3.99. The molecule has 1 saturated heterocycles. The molecule has 176 valence electrons. The third-order valence-electron chi connectivity index (χ3n) is 5.58. The van der Waals surface area contributed by atoms with Crippen molar-refractivity contribution in [2.75, 3.05) is 47.0 Å². The van der Waals surface area contributed by atoms with Gasteiger partial charge < -0.3 is 30.9 Å². The van der Waals surface area contributed by atoms with Gasteiger partial charge in [-0.05, 0) is 44.2 Å². The number of hydrogen-bond donors (Lipinski definition) is 4. The van der Waals surface area contributed by atoms with Gasteiger partial charge in [-0.1, -0.05) is 6.07 Å². The topological polar surface area (TPSA) is 116 Å². The van der Waals surface area contributed by atoms with Crippen molar-refractivity contribution in [1.82, 2.24) is 20.3 Å². The maximum absolute atomic E-state index is 14.5. The third kappa shape index (κ3) is 4.55. The van der Waals surface area contributed by atoms with Gasteiger partial charge in [0, 0.05) is 37.6 Å². The first-order chi connectivity index (χ1) is 16.4. The van der Waals surface area contributed by atoms with E-state index in [1.807, 2.05) is 18.2 Å². The number of carbonyl (C=O) groups excluding carboxylic acids is 1. The van der Waals surface area contributed by atoms with Gasteiger partial charge >= 0.3 is 0 Å². The van der Waals surface area contributed by atoms with Crippen LogP contribution in [0.1, 0.15) is 13.8 Å². The maximum Gasteiger partial charge on any atom is 0.269 e. The van der Waals surface area contributed by atoms with Crippen LogP contribution < -0.4 is 30.9 Å². The number of aromatic nitrogens is 3. The molecule has 0 unspecified atom stereocenters. The number of carbonyl (C=O) groups is 1. The number of amides is 1. The van der Waals surface area contributed by atoms with Crippen molar-refractivity contribution in [3.8, 4) is 5.75 Å². The molecule has 0 atom stereocenters. The minimum atomic E-state index is -0.995. The number of anilines is 6. The van der Waals surface area contributed by atoms with Crippen molar-refractivity contribution in [3.05, 3.63) is 48.4 Å². The van der Waals surface area contributed by atoms with E-state index in [4.69, 9.17) is 4.74 Å². The van der Waals surface area contributed by atoms with Crippen LogP contribution in [0.3, 0.4) is 0 Å². The Morgan fingerprint density at radius 1 is 1.12 bits per heavy atom. The summed E-state index contributed by atoms with van der Waals surface area (Å²) in [6.45, 7) is 7.09. The standard InChI is InChI=1S/C23H25FN8O2/c1-23(2)21(33)30-20-17(34-23)6-7-18(29-20)28-19-16(24)13-26-22(31-19)27-14-4-3-5-15(12-14)32-10-8-25-9-11-32/h3-7,12-13,25H,8-11H2,1-2H3,(H3,26,27,28,29,30,31,33). The zero-order valence-corrected chi connectivity index (χ0v) is 18.9. The molecule has 4 heterocycles. The summed E-state index contributed by atoms with van der Waals surface area (Å²) in [6.07, 6.45) is 1.09. The number of hydrogen-bond acceptors (Lipinski definition) is 9. The molecular formula is C23H25FN8O2. The molecule has 10 nitrogen and oxygen atoms in total. The van der Waals surface area contributed by atoms with E-state index in [-0.39, 0.29) is 23.5 Å². The molecule has 2 aliphatic rings. The Morgan fingerprint density at radius 2 is 1.94 bits per heavy atom. The van der Waals surface area contributed by atoms with Crippen molar-refractivity contribution >= 4 is 40.7 Å². The third-order valence-corrected chi connectivity index (χ3v) is 5.58. The molecule has 0 aliphatic carbocycles. The fourth-order valence-electron chi connectivity index (χ4n) is 3.74. The zero-order chi connectivity index (χ0) is 23.7. The van der Waals surface area contributed by atoms with Gasteiger partial charge in [-0.15, -0.1) is 0 Å². The van der Waals surface area contributed by atoms with Crippen LogP contribution in [0.25, 0.3) is 0 Å². The molecule has 4 N–H and O–H groups in total. The number of fused-ring (bicyclic) bond motifs is 1. The SMILES string of the molecule is CC1(C)Oc2ccc(Nc3nc(Nc4cccc(N5CCNCC5)c4)ncc3F)nc2NC1=O. The lowest BCUT2D eigenvalue weighted by atomic mass is 10.1.